The summed E-state index contributed by atoms with van der Waals surface area (Å²) in [6.07, 6.45) is -2.38. The lowest BCUT2D eigenvalue weighted by molar-refractivity contribution is -0.140. The third kappa shape index (κ3) is 5.16. The van der Waals surface area contributed by atoms with Crippen molar-refractivity contribution in [3.05, 3.63) is 34.9 Å². The molecule has 1 aromatic rings. The van der Waals surface area contributed by atoms with Crippen LogP contribution in [-0.4, -0.2) is 12.7 Å². The summed E-state index contributed by atoms with van der Waals surface area (Å²) in [6, 6.07) is 5.08. The van der Waals surface area contributed by atoms with Crippen molar-refractivity contribution < 1.29 is 13.2 Å². The molecule has 0 amide bonds. The van der Waals surface area contributed by atoms with Crippen LogP contribution in [0.3, 0.4) is 0 Å². The summed E-state index contributed by atoms with van der Waals surface area (Å²) >= 11 is 0. The van der Waals surface area contributed by atoms with Crippen molar-refractivity contribution in [1.82, 2.24) is 5.32 Å². The van der Waals surface area contributed by atoms with Gasteiger partial charge >= 0.3 is 6.18 Å². The van der Waals surface area contributed by atoms with Gasteiger partial charge in [0.2, 0.25) is 0 Å². The van der Waals surface area contributed by atoms with E-state index in [1.54, 1.807) is 0 Å². The van der Waals surface area contributed by atoms with E-state index in [0.29, 0.717) is 6.54 Å². The molecule has 0 aromatic heterocycles. The molecule has 0 radical (unpaired) electrons. The van der Waals surface area contributed by atoms with Crippen molar-refractivity contribution in [2.24, 2.45) is 0 Å². The molecular formula is C16H24F3N. The van der Waals surface area contributed by atoms with Crippen LogP contribution in [-0.2, 0) is 12.8 Å². The van der Waals surface area contributed by atoms with E-state index in [1.807, 2.05) is 32.0 Å². The first kappa shape index (κ1) is 17.0. The standard InChI is InChI=1S/C16H24F3N/c1-4-9-20-15(11-16(17,18)19)14-8-7-12(5-2)13(6-3)10-14/h7-8,10,15,20H,4-6,9,11H2,1-3H3. The summed E-state index contributed by atoms with van der Waals surface area (Å²) in [4.78, 5) is 0. The highest BCUT2D eigenvalue weighted by molar-refractivity contribution is 5.34. The Morgan fingerprint density at radius 1 is 1.05 bits per heavy atom. The molecule has 0 saturated carbocycles. The topological polar surface area (TPSA) is 12.0 Å². The van der Waals surface area contributed by atoms with Crippen LogP contribution in [0, 0.1) is 0 Å². The zero-order valence-electron chi connectivity index (χ0n) is 12.5. The Morgan fingerprint density at radius 2 is 1.70 bits per heavy atom. The minimum Gasteiger partial charge on any atom is -0.310 e. The molecule has 0 aliphatic rings. The smallest absolute Gasteiger partial charge is 0.310 e. The van der Waals surface area contributed by atoms with E-state index in [1.165, 1.54) is 5.56 Å². The highest BCUT2D eigenvalue weighted by Crippen LogP contribution is 2.30. The molecule has 1 rings (SSSR count). The SMILES string of the molecule is CCCNC(CC(F)(F)F)c1ccc(CC)c(CC)c1. The van der Waals surface area contributed by atoms with Gasteiger partial charge in [-0.1, -0.05) is 39.0 Å². The Balaban J connectivity index is 3.00. The van der Waals surface area contributed by atoms with Gasteiger partial charge in [-0.3, -0.25) is 0 Å². The Bertz CT molecular complexity index is 413. The van der Waals surface area contributed by atoms with Crippen LogP contribution < -0.4 is 5.32 Å². The number of rotatable bonds is 7. The molecule has 1 unspecified atom stereocenters. The Kier molecular flexibility index (Phi) is 6.53. The maximum atomic E-state index is 12.7. The minimum absolute atomic E-state index is 0.595. The lowest BCUT2D eigenvalue weighted by atomic mass is 9.95. The fourth-order valence-electron chi connectivity index (χ4n) is 2.39. The molecule has 0 spiro atoms. The summed E-state index contributed by atoms with van der Waals surface area (Å²) < 4.78 is 38.1. The normalized spacial score (nSPS) is 13.5. The maximum Gasteiger partial charge on any atom is 0.390 e. The van der Waals surface area contributed by atoms with Gasteiger partial charge in [-0.15, -0.1) is 0 Å². The van der Waals surface area contributed by atoms with E-state index in [9.17, 15) is 13.2 Å². The molecule has 4 heteroatoms. The van der Waals surface area contributed by atoms with Crippen LogP contribution in [0.25, 0.3) is 0 Å². The van der Waals surface area contributed by atoms with Gasteiger partial charge in [0, 0.05) is 6.04 Å². The van der Waals surface area contributed by atoms with E-state index in [0.717, 1.165) is 30.4 Å². The fourth-order valence-corrected chi connectivity index (χ4v) is 2.39. The molecular weight excluding hydrogens is 263 g/mol. The number of hydrogen-bond donors (Lipinski definition) is 1. The van der Waals surface area contributed by atoms with Crippen molar-refractivity contribution >= 4 is 0 Å². The summed E-state index contributed by atoms with van der Waals surface area (Å²) in [6.45, 7) is 6.65. The summed E-state index contributed by atoms with van der Waals surface area (Å²) in [5.74, 6) is 0. The highest BCUT2D eigenvalue weighted by atomic mass is 19.4. The average Bonchev–Trinajstić information content (AvgIpc) is 2.41. The first-order valence-corrected chi connectivity index (χ1v) is 7.33. The number of nitrogens with one attached hydrogen (secondary N) is 1. The van der Waals surface area contributed by atoms with Crippen molar-refractivity contribution in [2.75, 3.05) is 6.54 Å². The molecule has 0 aliphatic heterocycles. The van der Waals surface area contributed by atoms with Crippen molar-refractivity contribution in [1.29, 1.82) is 0 Å². The molecule has 114 valence electrons. The third-order valence-electron chi connectivity index (χ3n) is 3.47. The molecule has 0 fully saturated rings. The fraction of sp³-hybridized carbons (Fsp3) is 0.625. The van der Waals surface area contributed by atoms with Crippen LogP contribution in [0.1, 0.15) is 56.3 Å². The van der Waals surface area contributed by atoms with E-state index in [-0.39, 0.29) is 0 Å². The quantitative estimate of drug-likeness (QED) is 0.759. The van der Waals surface area contributed by atoms with Crippen molar-refractivity contribution in [2.45, 2.75) is 58.7 Å². The summed E-state index contributed by atoms with van der Waals surface area (Å²) in [7, 11) is 0. The van der Waals surface area contributed by atoms with Gasteiger partial charge in [-0.2, -0.15) is 13.2 Å². The van der Waals surface area contributed by atoms with Crippen LogP contribution in [0.4, 0.5) is 13.2 Å². The zero-order chi connectivity index (χ0) is 15.2. The summed E-state index contributed by atoms with van der Waals surface area (Å²) in [5.41, 5.74) is 3.11. The monoisotopic (exact) mass is 287 g/mol. The lowest BCUT2D eigenvalue weighted by Crippen LogP contribution is -2.27. The number of aryl methyl sites for hydroxylation is 2. The van der Waals surface area contributed by atoms with Gasteiger partial charge in [0.1, 0.15) is 0 Å². The van der Waals surface area contributed by atoms with Crippen LogP contribution >= 0.6 is 0 Å². The second-order valence-electron chi connectivity index (χ2n) is 5.06. The molecule has 20 heavy (non-hydrogen) atoms. The van der Waals surface area contributed by atoms with Gasteiger partial charge < -0.3 is 5.32 Å². The molecule has 0 heterocycles. The van der Waals surface area contributed by atoms with Crippen LogP contribution in [0.15, 0.2) is 18.2 Å². The predicted molar refractivity (Wildman–Crippen MR) is 76.9 cm³/mol. The molecule has 0 aliphatic carbocycles. The lowest BCUT2D eigenvalue weighted by Gasteiger charge is -2.22. The van der Waals surface area contributed by atoms with Gasteiger partial charge in [0.15, 0.2) is 0 Å². The zero-order valence-corrected chi connectivity index (χ0v) is 12.5. The van der Waals surface area contributed by atoms with E-state index in [2.05, 4.69) is 12.2 Å². The number of benzene rings is 1. The van der Waals surface area contributed by atoms with Crippen molar-refractivity contribution in [3.63, 3.8) is 0 Å². The molecule has 0 saturated heterocycles. The van der Waals surface area contributed by atoms with Gasteiger partial charge in [0.05, 0.1) is 6.42 Å². The molecule has 1 atom stereocenters. The second-order valence-corrected chi connectivity index (χ2v) is 5.06. The third-order valence-corrected chi connectivity index (χ3v) is 3.47. The molecule has 1 N–H and O–H groups in total. The first-order chi connectivity index (χ1) is 9.41. The molecule has 1 nitrogen and oxygen atoms in total. The average molecular weight is 287 g/mol. The van der Waals surface area contributed by atoms with Crippen molar-refractivity contribution in [3.8, 4) is 0 Å². The van der Waals surface area contributed by atoms with Crippen LogP contribution in [0.2, 0.25) is 0 Å². The van der Waals surface area contributed by atoms with E-state index >= 15 is 0 Å². The van der Waals surface area contributed by atoms with Gasteiger partial charge in [-0.05, 0) is 42.5 Å². The summed E-state index contributed by atoms with van der Waals surface area (Å²) in [5, 5.41) is 3.01. The minimum atomic E-state index is -4.15. The van der Waals surface area contributed by atoms with E-state index < -0.39 is 18.6 Å². The van der Waals surface area contributed by atoms with Crippen LogP contribution in [0.5, 0.6) is 0 Å². The first-order valence-electron chi connectivity index (χ1n) is 7.33. The predicted octanol–water partition coefficient (Wildman–Crippen LogP) is 4.80. The Hall–Kier alpha value is -1.03. The maximum absolute atomic E-state index is 12.7. The Morgan fingerprint density at radius 3 is 2.20 bits per heavy atom. The largest absolute Gasteiger partial charge is 0.390 e. The number of hydrogen-bond acceptors (Lipinski definition) is 1. The molecule has 0 bridgehead atoms. The van der Waals surface area contributed by atoms with E-state index in [4.69, 9.17) is 0 Å². The van der Waals surface area contributed by atoms with Gasteiger partial charge in [0.25, 0.3) is 0 Å². The van der Waals surface area contributed by atoms with Gasteiger partial charge in [-0.25, -0.2) is 0 Å². The second kappa shape index (κ2) is 7.67. The molecule has 1 aromatic carbocycles. The number of alkyl halides is 3. The Labute approximate surface area is 119 Å². The number of halogens is 3. The highest BCUT2D eigenvalue weighted by Gasteiger charge is 2.32.